The van der Waals surface area contributed by atoms with Crippen LogP contribution >= 0.6 is 11.6 Å². The van der Waals surface area contributed by atoms with Gasteiger partial charge in [-0.3, -0.25) is 10.4 Å². The summed E-state index contributed by atoms with van der Waals surface area (Å²) in [5, 5.41) is 4.83. The third-order valence-electron chi connectivity index (χ3n) is 3.06. The van der Waals surface area contributed by atoms with Crippen LogP contribution in [0.1, 0.15) is 20.8 Å². The Hall–Kier alpha value is -2.69. The zero-order valence-electron chi connectivity index (χ0n) is 16.9. The molecule has 11 nitrogen and oxygen atoms in total. The SMILES string of the molecule is CN(C)c1nc(N(C)C)nc(N(C)Nc2nc(Cl)nc(NC(C)(C)C)n2)n1. The summed E-state index contributed by atoms with van der Waals surface area (Å²) >= 11 is 6.03. The van der Waals surface area contributed by atoms with Crippen LogP contribution < -0.4 is 25.6 Å². The van der Waals surface area contributed by atoms with E-state index in [4.69, 9.17) is 11.6 Å². The molecule has 0 bridgehead atoms. The molecule has 0 fully saturated rings. The van der Waals surface area contributed by atoms with Gasteiger partial charge in [0.05, 0.1) is 0 Å². The van der Waals surface area contributed by atoms with Gasteiger partial charge >= 0.3 is 0 Å². The molecule has 0 unspecified atom stereocenters. The van der Waals surface area contributed by atoms with Crippen molar-refractivity contribution < 1.29 is 0 Å². The van der Waals surface area contributed by atoms with Crippen molar-refractivity contribution >= 4 is 41.3 Å². The maximum absolute atomic E-state index is 6.03. The lowest BCUT2D eigenvalue weighted by Gasteiger charge is -2.23. The van der Waals surface area contributed by atoms with E-state index in [-0.39, 0.29) is 16.8 Å². The molecule has 0 saturated heterocycles. The van der Waals surface area contributed by atoms with E-state index < -0.39 is 0 Å². The van der Waals surface area contributed by atoms with Gasteiger partial charge in [0.2, 0.25) is 29.1 Å². The number of hydrazine groups is 1. The average Bonchev–Trinajstić information content (AvgIpc) is 2.51. The molecule has 0 saturated carbocycles. The average molecular weight is 396 g/mol. The van der Waals surface area contributed by atoms with E-state index in [0.29, 0.717) is 23.8 Å². The first-order valence-electron chi connectivity index (χ1n) is 8.25. The van der Waals surface area contributed by atoms with Gasteiger partial charge in [0, 0.05) is 40.8 Å². The smallest absolute Gasteiger partial charge is 0.250 e. The third kappa shape index (κ3) is 5.91. The maximum atomic E-state index is 6.03. The van der Waals surface area contributed by atoms with E-state index >= 15 is 0 Å². The number of nitrogens with one attached hydrogen (secondary N) is 2. The van der Waals surface area contributed by atoms with Crippen molar-refractivity contribution in [2.75, 3.05) is 60.8 Å². The topological polar surface area (TPSA) is 111 Å². The molecule has 2 aromatic rings. The first-order chi connectivity index (χ1) is 12.4. The quantitative estimate of drug-likeness (QED) is 0.694. The molecular formula is C15H26ClN11. The fraction of sp³-hybridized carbons (Fsp3) is 0.600. The molecule has 0 aromatic carbocycles. The van der Waals surface area contributed by atoms with Crippen LogP contribution in [0.2, 0.25) is 5.28 Å². The Kier molecular flexibility index (Phi) is 6.04. The highest BCUT2D eigenvalue weighted by atomic mass is 35.5. The first kappa shape index (κ1) is 20.6. The summed E-state index contributed by atoms with van der Waals surface area (Å²) in [7, 11) is 9.21. The molecular weight excluding hydrogens is 370 g/mol. The van der Waals surface area contributed by atoms with Gasteiger partial charge in [-0.25, -0.2) is 0 Å². The Labute approximate surface area is 164 Å². The van der Waals surface area contributed by atoms with Gasteiger partial charge < -0.3 is 15.1 Å². The summed E-state index contributed by atoms with van der Waals surface area (Å²) in [6.45, 7) is 6.00. The molecule has 2 N–H and O–H groups in total. The standard InChI is InChI=1S/C15H26ClN11/c1-15(2,3)23-10-17-9(16)18-11(19-10)24-27(8)14-21-12(25(4)5)20-13(22-14)26(6)7/h1-8H3,(H2,17,18,19,23,24). The third-order valence-corrected chi connectivity index (χ3v) is 3.23. The number of hydrogen-bond acceptors (Lipinski definition) is 11. The van der Waals surface area contributed by atoms with Crippen LogP contribution in [-0.4, -0.2) is 70.7 Å². The molecule has 2 heterocycles. The van der Waals surface area contributed by atoms with Crippen molar-refractivity contribution in [3.8, 4) is 0 Å². The second-order valence-electron chi connectivity index (χ2n) is 7.32. The Morgan fingerprint density at radius 3 is 1.67 bits per heavy atom. The Morgan fingerprint density at radius 1 is 0.704 bits per heavy atom. The second kappa shape index (κ2) is 7.91. The van der Waals surface area contributed by atoms with E-state index in [1.54, 1.807) is 21.9 Å². The highest BCUT2D eigenvalue weighted by Gasteiger charge is 2.16. The summed E-state index contributed by atoms with van der Waals surface area (Å²) in [6, 6.07) is 0. The van der Waals surface area contributed by atoms with Gasteiger partial charge in [0.1, 0.15) is 0 Å². The van der Waals surface area contributed by atoms with Gasteiger partial charge in [-0.15, -0.1) is 0 Å². The van der Waals surface area contributed by atoms with E-state index in [1.807, 2.05) is 49.0 Å². The Bertz CT molecular complexity index is 762. The zero-order valence-corrected chi connectivity index (χ0v) is 17.7. The van der Waals surface area contributed by atoms with Crippen molar-refractivity contribution in [2.24, 2.45) is 0 Å². The minimum Gasteiger partial charge on any atom is -0.349 e. The molecule has 0 aliphatic rings. The number of hydrogen-bond donors (Lipinski definition) is 2. The minimum absolute atomic E-state index is 0.0752. The van der Waals surface area contributed by atoms with E-state index in [0.717, 1.165) is 0 Å². The lowest BCUT2D eigenvalue weighted by atomic mass is 10.1. The van der Waals surface area contributed by atoms with Crippen LogP contribution in [0.5, 0.6) is 0 Å². The first-order valence-corrected chi connectivity index (χ1v) is 8.63. The zero-order chi connectivity index (χ0) is 20.4. The summed E-state index contributed by atoms with van der Waals surface area (Å²) in [4.78, 5) is 29.4. The van der Waals surface area contributed by atoms with Crippen LogP contribution in [-0.2, 0) is 0 Å². The van der Waals surface area contributed by atoms with Crippen LogP contribution in [0.15, 0.2) is 0 Å². The largest absolute Gasteiger partial charge is 0.349 e. The fourth-order valence-electron chi connectivity index (χ4n) is 1.88. The molecule has 2 aromatic heterocycles. The highest BCUT2D eigenvalue weighted by molar-refractivity contribution is 6.28. The van der Waals surface area contributed by atoms with Gasteiger partial charge in [-0.2, -0.15) is 29.9 Å². The fourth-order valence-corrected chi connectivity index (χ4v) is 2.04. The van der Waals surface area contributed by atoms with Crippen molar-refractivity contribution in [2.45, 2.75) is 26.3 Å². The second-order valence-corrected chi connectivity index (χ2v) is 7.66. The molecule has 0 atom stereocenters. The van der Waals surface area contributed by atoms with Crippen molar-refractivity contribution in [1.29, 1.82) is 0 Å². The maximum Gasteiger partial charge on any atom is 0.250 e. The van der Waals surface area contributed by atoms with Crippen LogP contribution in [0.3, 0.4) is 0 Å². The minimum atomic E-state index is -0.219. The van der Waals surface area contributed by atoms with E-state index in [9.17, 15) is 0 Å². The number of halogens is 1. The summed E-state index contributed by atoms with van der Waals surface area (Å²) in [6.07, 6.45) is 0. The molecule has 0 amide bonds. The lowest BCUT2D eigenvalue weighted by Crippen LogP contribution is -2.31. The van der Waals surface area contributed by atoms with Crippen LogP contribution in [0, 0.1) is 0 Å². The molecule has 148 valence electrons. The normalized spacial score (nSPS) is 11.1. The molecule has 12 heteroatoms. The molecule has 0 aliphatic carbocycles. The van der Waals surface area contributed by atoms with Gasteiger partial charge in [0.15, 0.2) is 0 Å². The summed E-state index contributed by atoms with van der Waals surface area (Å²) in [5.74, 6) is 2.10. The van der Waals surface area contributed by atoms with Crippen molar-refractivity contribution in [3.05, 3.63) is 5.28 Å². The number of anilines is 5. The predicted molar refractivity (Wildman–Crippen MR) is 109 cm³/mol. The highest BCUT2D eigenvalue weighted by Crippen LogP contribution is 2.18. The number of rotatable bonds is 6. The summed E-state index contributed by atoms with van der Waals surface area (Å²) < 4.78 is 0. The van der Waals surface area contributed by atoms with Gasteiger partial charge in [-0.05, 0) is 32.4 Å². The number of nitrogens with zero attached hydrogens (tertiary/aromatic N) is 9. The Balaban J connectivity index is 2.30. The molecule has 27 heavy (non-hydrogen) atoms. The van der Waals surface area contributed by atoms with Gasteiger partial charge in [0.25, 0.3) is 5.95 Å². The molecule has 0 radical (unpaired) electrons. The molecule has 0 spiro atoms. The van der Waals surface area contributed by atoms with Crippen molar-refractivity contribution in [1.82, 2.24) is 29.9 Å². The molecule has 0 aliphatic heterocycles. The molecule has 2 rings (SSSR count). The Morgan fingerprint density at radius 2 is 1.19 bits per heavy atom. The van der Waals surface area contributed by atoms with Gasteiger partial charge in [-0.1, -0.05) is 0 Å². The summed E-state index contributed by atoms with van der Waals surface area (Å²) in [5.41, 5.74) is 2.80. The van der Waals surface area contributed by atoms with Crippen molar-refractivity contribution in [3.63, 3.8) is 0 Å². The van der Waals surface area contributed by atoms with E-state index in [2.05, 4.69) is 40.6 Å². The monoisotopic (exact) mass is 395 g/mol. The van der Waals surface area contributed by atoms with Crippen LogP contribution in [0.25, 0.3) is 0 Å². The predicted octanol–water partition coefficient (Wildman–Crippen LogP) is 1.52. The van der Waals surface area contributed by atoms with Crippen LogP contribution in [0.4, 0.5) is 29.7 Å². The van der Waals surface area contributed by atoms with E-state index in [1.165, 1.54) is 0 Å². The lowest BCUT2D eigenvalue weighted by molar-refractivity contribution is 0.625. The number of aromatic nitrogens is 6.